The highest BCUT2D eigenvalue weighted by Crippen LogP contribution is 2.34. The quantitative estimate of drug-likeness (QED) is 0.866. The standard InChI is InChI=1S/C15H11ClN2O/c16-13-7-2-1-4-11(13)14-10-6-3-5-9(10)12(8-17)15(19)18-14/h1-2,4,7H,3,5-6H2,(H,18,19). The number of H-pyrrole nitrogens is 1. The molecule has 1 aliphatic carbocycles. The summed E-state index contributed by atoms with van der Waals surface area (Å²) < 4.78 is 0. The first-order chi connectivity index (χ1) is 9.22. The maximum Gasteiger partial charge on any atom is 0.266 e. The Kier molecular flexibility index (Phi) is 2.88. The molecule has 0 aliphatic heterocycles. The van der Waals surface area contributed by atoms with Gasteiger partial charge >= 0.3 is 0 Å². The summed E-state index contributed by atoms with van der Waals surface area (Å²) in [5.41, 5.74) is 3.47. The molecule has 19 heavy (non-hydrogen) atoms. The van der Waals surface area contributed by atoms with Crippen molar-refractivity contribution in [3.05, 3.63) is 56.3 Å². The third-order valence-corrected chi connectivity index (χ3v) is 3.87. The van der Waals surface area contributed by atoms with Gasteiger partial charge in [-0.05, 0) is 36.5 Å². The van der Waals surface area contributed by atoms with Crippen LogP contribution >= 0.6 is 11.6 Å². The molecule has 0 unspecified atom stereocenters. The molecular formula is C15H11ClN2O. The largest absolute Gasteiger partial charge is 0.320 e. The number of benzene rings is 1. The Balaban J connectivity index is 2.34. The lowest BCUT2D eigenvalue weighted by Crippen LogP contribution is -2.15. The van der Waals surface area contributed by atoms with Gasteiger partial charge in [0.15, 0.2) is 0 Å². The molecule has 0 radical (unpaired) electrons. The maximum absolute atomic E-state index is 12.0. The van der Waals surface area contributed by atoms with Crippen molar-refractivity contribution < 1.29 is 0 Å². The summed E-state index contributed by atoms with van der Waals surface area (Å²) >= 11 is 6.20. The van der Waals surface area contributed by atoms with Crippen molar-refractivity contribution in [2.24, 2.45) is 0 Å². The van der Waals surface area contributed by atoms with Crippen molar-refractivity contribution in [3.63, 3.8) is 0 Å². The summed E-state index contributed by atoms with van der Waals surface area (Å²) in [6, 6.07) is 9.44. The zero-order valence-electron chi connectivity index (χ0n) is 10.2. The first-order valence-corrected chi connectivity index (χ1v) is 6.53. The number of aromatic amines is 1. The minimum atomic E-state index is -0.321. The van der Waals surface area contributed by atoms with E-state index < -0.39 is 0 Å². The molecule has 4 heteroatoms. The van der Waals surface area contributed by atoms with Gasteiger partial charge in [0, 0.05) is 10.6 Å². The highest BCUT2D eigenvalue weighted by Gasteiger charge is 2.23. The van der Waals surface area contributed by atoms with Crippen molar-refractivity contribution >= 4 is 11.6 Å². The molecule has 1 aromatic heterocycles. The lowest BCUT2D eigenvalue weighted by molar-refractivity contribution is 0.911. The number of aromatic nitrogens is 1. The predicted octanol–water partition coefficient (Wildman–Crippen LogP) is 3.06. The van der Waals surface area contributed by atoms with Crippen LogP contribution in [0, 0.1) is 11.3 Å². The van der Waals surface area contributed by atoms with Gasteiger partial charge in [-0.1, -0.05) is 29.8 Å². The van der Waals surface area contributed by atoms with Gasteiger partial charge in [-0.25, -0.2) is 0 Å². The molecule has 0 bridgehead atoms. The van der Waals surface area contributed by atoms with Crippen LogP contribution in [0.2, 0.25) is 5.02 Å². The monoisotopic (exact) mass is 270 g/mol. The second kappa shape index (κ2) is 4.56. The Hall–Kier alpha value is -2.05. The predicted molar refractivity (Wildman–Crippen MR) is 74.2 cm³/mol. The van der Waals surface area contributed by atoms with Gasteiger partial charge in [0.05, 0.1) is 5.69 Å². The number of hydrogen-bond acceptors (Lipinski definition) is 2. The van der Waals surface area contributed by atoms with E-state index >= 15 is 0 Å². The van der Waals surface area contributed by atoms with Gasteiger partial charge in [0.25, 0.3) is 5.56 Å². The van der Waals surface area contributed by atoms with Crippen LogP contribution in [0.3, 0.4) is 0 Å². The Morgan fingerprint density at radius 1 is 1.21 bits per heavy atom. The Labute approximate surface area is 115 Å². The average molecular weight is 271 g/mol. The van der Waals surface area contributed by atoms with E-state index in [1.807, 2.05) is 24.3 Å². The fourth-order valence-electron chi connectivity index (χ4n) is 2.70. The van der Waals surface area contributed by atoms with Gasteiger partial charge in [-0.2, -0.15) is 5.26 Å². The summed E-state index contributed by atoms with van der Waals surface area (Å²) in [6.45, 7) is 0. The molecule has 0 amide bonds. The Morgan fingerprint density at radius 3 is 2.68 bits per heavy atom. The molecule has 3 nitrogen and oxygen atoms in total. The highest BCUT2D eigenvalue weighted by atomic mass is 35.5. The van der Waals surface area contributed by atoms with E-state index in [1.54, 1.807) is 6.07 Å². The number of nitriles is 1. The van der Waals surface area contributed by atoms with Crippen LogP contribution in [-0.4, -0.2) is 4.98 Å². The summed E-state index contributed by atoms with van der Waals surface area (Å²) in [4.78, 5) is 14.8. The lowest BCUT2D eigenvalue weighted by Gasteiger charge is -2.11. The van der Waals surface area contributed by atoms with E-state index in [4.69, 9.17) is 16.9 Å². The fourth-order valence-corrected chi connectivity index (χ4v) is 2.93. The van der Waals surface area contributed by atoms with Crippen molar-refractivity contribution in [1.29, 1.82) is 5.26 Å². The number of halogens is 1. The van der Waals surface area contributed by atoms with Crippen molar-refractivity contribution in [2.75, 3.05) is 0 Å². The van der Waals surface area contributed by atoms with Gasteiger partial charge < -0.3 is 4.98 Å². The van der Waals surface area contributed by atoms with E-state index in [0.717, 1.165) is 41.6 Å². The normalized spacial score (nSPS) is 13.1. The Morgan fingerprint density at radius 2 is 1.95 bits per heavy atom. The molecule has 1 aromatic carbocycles. The second-order valence-corrected chi connectivity index (χ2v) is 5.01. The Bertz CT molecular complexity index is 756. The van der Waals surface area contributed by atoms with E-state index in [0.29, 0.717) is 5.02 Å². The maximum atomic E-state index is 12.0. The topological polar surface area (TPSA) is 56.6 Å². The van der Waals surface area contributed by atoms with E-state index in [9.17, 15) is 4.79 Å². The fraction of sp³-hybridized carbons (Fsp3) is 0.200. The van der Waals surface area contributed by atoms with Crippen LogP contribution in [-0.2, 0) is 12.8 Å². The van der Waals surface area contributed by atoms with Gasteiger partial charge in [-0.15, -0.1) is 0 Å². The molecule has 2 aromatic rings. The van der Waals surface area contributed by atoms with Gasteiger partial charge in [-0.3, -0.25) is 4.79 Å². The van der Waals surface area contributed by atoms with Crippen LogP contribution < -0.4 is 5.56 Å². The van der Waals surface area contributed by atoms with Crippen LogP contribution in [0.1, 0.15) is 23.1 Å². The number of nitrogens with one attached hydrogen (secondary N) is 1. The van der Waals surface area contributed by atoms with E-state index in [1.165, 1.54) is 0 Å². The summed E-state index contributed by atoms with van der Waals surface area (Å²) in [5, 5.41) is 9.71. The minimum absolute atomic E-state index is 0.253. The highest BCUT2D eigenvalue weighted by molar-refractivity contribution is 6.33. The van der Waals surface area contributed by atoms with Crippen molar-refractivity contribution in [1.82, 2.24) is 4.98 Å². The molecule has 0 atom stereocenters. The molecule has 0 spiro atoms. The summed E-state index contributed by atoms with van der Waals surface area (Å²) in [5.74, 6) is 0. The molecule has 1 heterocycles. The first-order valence-electron chi connectivity index (χ1n) is 6.15. The lowest BCUT2D eigenvalue weighted by atomic mass is 10.00. The molecule has 0 saturated carbocycles. The zero-order valence-corrected chi connectivity index (χ0v) is 10.9. The third-order valence-electron chi connectivity index (χ3n) is 3.54. The minimum Gasteiger partial charge on any atom is -0.320 e. The van der Waals surface area contributed by atoms with Gasteiger partial charge in [0.2, 0.25) is 0 Å². The molecule has 0 fully saturated rings. The third kappa shape index (κ3) is 1.85. The summed E-state index contributed by atoms with van der Waals surface area (Å²) in [6.07, 6.45) is 2.64. The zero-order chi connectivity index (χ0) is 13.4. The summed E-state index contributed by atoms with van der Waals surface area (Å²) in [7, 11) is 0. The number of pyridine rings is 1. The van der Waals surface area contributed by atoms with Crippen LogP contribution in [0.4, 0.5) is 0 Å². The second-order valence-electron chi connectivity index (χ2n) is 4.61. The number of rotatable bonds is 1. The molecule has 1 N–H and O–H groups in total. The smallest absolute Gasteiger partial charge is 0.266 e. The number of fused-ring (bicyclic) bond motifs is 1. The molecule has 1 aliphatic rings. The van der Waals surface area contributed by atoms with Crippen molar-refractivity contribution in [2.45, 2.75) is 19.3 Å². The number of nitrogens with zero attached hydrogens (tertiary/aromatic N) is 1. The first kappa shape index (κ1) is 12.0. The molecule has 0 saturated heterocycles. The van der Waals surface area contributed by atoms with Crippen LogP contribution in [0.25, 0.3) is 11.3 Å². The molecular weight excluding hydrogens is 260 g/mol. The van der Waals surface area contributed by atoms with Crippen molar-refractivity contribution in [3.8, 4) is 17.3 Å². The molecule has 94 valence electrons. The SMILES string of the molecule is N#Cc1c2c(c(-c3ccccc3Cl)[nH]c1=O)CCC2. The van der Waals surface area contributed by atoms with E-state index in [2.05, 4.69) is 4.98 Å². The molecule has 3 rings (SSSR count). The number of hydrogen-bond donors (Lipinski definition) is 1. The van der Waals surface area contributed by atoms with E-state index in [-0.39, 0.29) is 11.1 Å². The van der Waals surface area contributed by atoms with Gasteiger partial charge in [0.1, 0.15) is 11.6 Å². The average Bonchev–Trinajstić information content (AvgIpc) is 2.88. The van der Waals surface area contributed by atoms with Crippen LogP contribution in [0.15, 0.2) is 29.1 Å². The van der Waals surface area contributed by atoms with Crippen LogP contribution in [0.5, 0.6) is 0 Å².